The number of esters is 2. The van der Waals surface area contributed by atoms with Crippen LogP contribution in [-0.2, 0) is 14.3 Å². The lowest BCUT2D eigenvalue weighted by Crippen LogP contribution is -2.26. The number of carbonyl (C=O) groups excluding carboxylic acids is 2. The van der Waals surface area contributed by atoms with Gasteiger partial charge in [-0.15, -0.1) is 0 Å². The number of hydrogen-bond acceptors (Lipinski definition) is 5. The molecule has 0 unspecified atom stereocenters. The van der Waals surface area contributed by atoms with Crippen LogP contribution in [0.3, 0.4) is 0 Å². The number of azide groups is 1. The van der Waals surface area contributed by atoms with Crippen LogP contribution in [0.4, 0.5) is 23.2 Å². The van der Waals surface area contributed by atoms with Crippen LogP contribution in [0.1, 0.15) is 88.4 Å². The first-order chi connectivity index (χ1) is 16.5. The standard InChI is InChI=1S/C23H30BrF4N3O4/c1-23(2,24)22(33)35-14-12-10-8-6-4-3-5-7-9-11-13-34-21(32)15-16(25)18(27)20(30-31-29)19(28)17(15)26/h3-14H2,1-2H3. The van der Waals surface area contributed by atoms with Crippen molar-refractivity contribution >= 4 is 33.6 Å². The zero-order valence-corrected chi connectivity index (χ0v) is 21.4. The van der Waals surface area contributed by atoms with Gasteiger partial charge >= 0.3 is 11.9 Å². The molecule has 0 saturated carbocycles. The fourth-order valence-electron chi connectivity index (χ4n) is 3.12. The van der Waals surface area contributed by atoms with E-state index in [-0.39, 0.29) is 12.6 Å². The topological polar surface area (TPSA) is 101 Å². The highest BCUT2D eigenvalue weighted by molar-refractivity contribution is 9.10. The Morgan fingerprint density at radius 1 is 0.800 bits per heavy atom. The fraction of sp³-hybridized carbons (Fsp3) is 0.652. The Balaban J connectivity index is 2.15. The summed E-state index contributed by atoms with van der Waals surface area (Å²) in [7, 11) is 0. The molecule has 35 heavy (non-hydrogen) atoms. The molecule has 0 atom stereocenters. The molecule has 0 saturated heterocycles. The summed E-state index contributed by atoms with van der Waals surface area (Å²) in [6.07, 6.45) is 9.08. The molecule has 1 aromatic carbocycles. The minimum absolute atomic E-state index is 0.157. The van der Waals surface area contributed by atoms with E-state index in [1.54, 1.807) is 13.8 Å². The molecule has 12 heteroatoms. The Morgan fingerprint density at radius 3 is 1.60 bits per heavy atom. The van der Waals surface area contributed by atoms with Gasteiger partial charge in [-0.25, -0.2) is 22.4 Å². The second-order valence-electron chi connectivity index (χ2n) is 8.45. The first kappa shape index (κ1) is 30.7. The summed E-state index contributed by atoms with van der Waals surface area (Å²) in [5.74, 6) is -9.67. The highest BCUT2D eigenvalue weighted by Gasteiger charge is 2.30. The van der Waals surface area contributed by atoms with Crippen molar-refractivity contribution in [3.63, 3.8) is 0 Å². The minimum atomic E-state index is -1.97. The third-order valence-corrected chi connectivity index (χ3v) is 5.40. The molecule has 1 rings (SSSR count). The van der Waals surface area contributed by atoms with Crippen LogP contribution < -0.4 is 0 Å². The van der Waals surface area contributed by atoms with Crippen molar-refractivity contribution in [2.75, 3.05) is 13.2 Å². The number of ether oxygens (including phenoxy) is 2. The number of benzene rings is 1. The van der Waals surface area contributed by atoms with E-state index in [0.29, 0.717) is 19.4 Å². The maximum atomic E-state index is 13.9. The van der Waals surface area contributed by atoms with E-state index >= 15 is 0 Å². The second kappa shape index (κ2) is 15.6. The first-order valence-corrected chi connectivity index (χ1v) is 12.3. The average molecular weight is 568 g/mol. The number of nitrogens with zero attached hydrogens (tertiary/aromatic N) is 3. The monoisotopic (exact) mass is 567 g/mol. The molecule has 7 nitrogen and oxygen atoms in total. The van der Waals surface area contributed by atoms with E-state index in [1.165, 1.54) is 0 Å². The average Bonchev–Trinajstić information content (AvgIpc) is 2.80. The summed E-state index contributed by atoms with van der Waals surface area (Å²) in [4.78, 5) is 25.5. The first-order valence-electron chi connectivity index (χ1n) is 11.5. The Hall–Kier alpha value is -2.33. The number of halogens is 5. The molecule has 0 aliphatic rings. The van der Waals surface area contributed by atoms with Gasteiger partial charge in [0.05, 0.1) is 13.2 Å². The van der Waals surface area contributed by atoms with Crippen molar-refractivity contribution in [3.8, 4) is 0 Å². The number of unbranched alkanes of at least 4 members (excludes halogenated alkanes) is 9. The Morgan fingerprint density at radius 2 is 1.20 bits per heavy atom. The van der Waals surface area contributed by atoms with Gasteiger partial charge in [-0.3, -0.25) is 4.79 Å². The molecular weight excluding hydrogens is 538 g/mol. The van der Waals surface area contributed by atoms with Gasteiger partial charge in [-0.05, 0) is 32.2 Å². The van der Waals surface area contributed by atoms with Crippen molar-refractivity contribution in [1.82, 2.24) is 0 Å². The predicted octanol–water partition coefficient (Wildman–Crippen LogP) is 7.96. The normalized spacial score (nSPS) is 11.2. The number of rotatable bonds is 16. The van der Waals surface area contributed by atoms with Crippen molar-refractivity contribution in [2.24, 2.45) is 5.11 Å². The summed E-state index contributed by atoms with van der Waals surface area (Å²) < 4.78 is 64.6. The van der Waals surface area contributed by atoms with Crippen molar-refractivity contribution in [3.05, 3.63) is 39.3 Å². The summed E-state index contributed by atoms with van der Waals surface area (Å²) in [6.45, 7) is 3.74. The van der Waals surface area contributed by atoms with Gasteiger partial charge in [0.25, 0.3) is 0 Å². The molecular formula is C23H30BrF4N3O4. The molecule has 0 spiro atoms. The third-order valence-electron chi connectivity index (χ3n) is 5.08. The van der Waals surface area contributed by atoms with Gasteiger partial charge in [0.2, 0.25) is 0 Å². The van der Waals surface area contributed by atoms with Gasteiger partial charge in [-0.1, -0.05) is 72.4 Å². The molecule has 1 aromatic rings. The molecule has 0 N–H and O–H groups in total. The lowest BCUT2D eigenvalue weighted by atomic mass is 10.1. The van der Waals surface area contributed by atoms with Crippen LogP contribution >= 0.6 is 15.9 Å². The number of hydrogen-bond donors (Lipinski definition) is 0. The van der Waals surface area contributed by atoms with Crippen LogP contribution in [0.5, 0.6) is 0 Å². The molecule has 0 aliphatic heterocycles. The van der Waals surface area contributed by atoms with Crippen LogP contribution in [0, 0.1) is 23.3 Å². The Kier molecular flexibility index (Phi) is 13.7. The lowest BCUT2D eigenvalue weighted by molar-refractivity contribution is -0.145. The maximum Gasteiger partial charge on any atom is 0.344 e. The van der Waals surface area contributed by atoms with Gasteiger partial charge in [0, 0.05) is 4.91 Å². The summed E-state index contributed by atoms with van der Waals surface area (Å²) >= 11 is 3.25. The molecule has 0 radical (unpaired) electrons. The number of carbonyl (C=O) groups is 2. The summed E-state index contributed by atoms with van der Waals surface area (Å²) in [5.41, 5.74) is 5.24. The van der Waals surface area contributed by atoms with E-state index in [4.69, 9.17) is 15.0 Å². The molecule has 0 aliphatic carbocycles. The second-order valence-corrected chi connectivity index (χ2v) is 10.4. The SMILES string of the molecule is CC(C)(Br)C(=O)OCCCCCCCCCCCCOC(=O)c1c(F)c(F)c(N=[N+]=[N-])c(F)c1F. The van der Waals surface area contributed by atoms with Crippen LogP contribution in [0.25, 0.3) is 10.4 Å². The van der Waals surface area contributed by atoms with Crippen LogP contribution in [0.15, 0.2) is 5.11 Å². The fourth-order valence-corrected chi connectivity index (χ4v) is 3.24. The smallest absolute Gasteiger partial charge is 0.344 e. The minimum Gasteiger partial charge on any atom is -0.465 e. The maximum absolute atomic E-state index is 13.9. The molecule has 196 valence electrons. The quantitative estimate of drug-likeness (QED) is 0.0295. The van der Waals surface area contributed by atoms with E-state index in [1.807, 2.05) is 0 Å². The molecule has 0 heterocycles. The molecule has 0 bridgehead atoms. The Labute approximate surface area is 210 Å². The van der Waals surface area contributed by atoms with Crippen molar-refractivity contribution in [1.29, 1.82) is 0 Å². The highest BCUT2D eigenvalue weighted by atomic mass is 79.9. The summed E-state index contributed by atoms with van der Waals surface area (Å²) in [6, 6.07) is 0. The zero-order chi connectivity index (χ0) is 26.4. The van der Waals surface area contributed by atoms with Crippen molar-refractivity contribution in [2.45, 2.75) is 82.4 Å². The van der Waals surface area contributed by atoms with Crippen LogP contribution in [0.2, 0.25) is 0 Å². The molecule has 0 fully saturated rings. The van der Waals surface area contributed by atoms with Gasteiger partial charge in [-0.2, -0.15) is 0 Å². The lowest BCUT2D eigenvalue weighted by Gasteiger charge is -2.14. The van der Waals surface area contributed by atoms with E-state index in [9.17, 15) is 27.2 Å². The van der Waals surface area contributed by atoms with Crippen molar-refractivity contribution < 1.29 is 36.6 Å². The van der Waals surface area contributed by atoms with Gasteiger partial charge in [0.15, 0.2) is 23.3 Å². The number of alkyl halides is 1. The largest absolute Gasteiger partial charge is 0.465 e. The molecule has 0 aromatic heterocycles. The summed E-state index contributed by atoms with van der Waals surface area (Å²) in [5, 5.41) is 2.56. The van der Waals surface area contributed by atoms with Gasteiger partial charge in [0.1, 0.15) is 15.6 Å². The van der Waals surface area contributed by atoms with E-state index in [0.717, 1.165) is 51.4 Å². The predicted molar refractivity (Wildman–Crippen MR) is 125 cm³/mol. The Bertz CT molecular complexity index is 890. The zero-order valence-electron chi connectivity index (χ0n) is 19.8. The highest BCUT2D eigenvalue weighted by Crippen LogP contribution is 2.31. The van der Waals surface area contributed by atoms with Gasteiger partial charge < -0.3 is 9.47 Å². The third kappa shape index (κ3) is 10.4. The molecule has 0 amide bonds. The van der Waals surface area contributed by atoms with Crippen LogP contribution in [-0.4, -0.2) is 29.5 Å². The van der Waals surface area contributed by atoms with E-state index in [2.05, 4.69) is 26.0 Å². The van der Waals surface area contributed by atoms with E-state index < -0.39 is 44.8 Å².